The van der Waals surface area contributed by atoms with Crippen LogP contribution >= 0.6 is 0 Å². The zero-order valence-corrected chi connectivity index (χ0v) is 14.0. The molecule has 0 bridgehead atoms. The highest BCUT2D eigenvalue weighted by molar-refractivity contribution is 5.96. The highest BCUT2D eigenvalue weighted by atomic mass is 16.2. The van der Waals surface area contributed by atoms with Crippen LogP contribution < -0.4 is 10.2 Å². The van der Waals surface area contributed by atoms with Gasteiger partial charge in [0.1, 0.15) is 12.1 Å². The van der Waals surface area contributed by atoms with Gasteiger partial charge >= 0.3 is 0 Å². The molecule has 24 heavy (non-hydrogen) atoms. The molecule has 0 aliphatic carbocycles. The molecular weight excluding hydrogens is 304 g/mol. The summed E-state index contributed by atoms with van der Waals surface area (Å²) >= 11 is 0. The summed E-state index contributed by atoms with van der Waals surface area (Å²) in [4.78, 5) is 22.7. The fourth-order valence-corrected chi connectivity index (χ4v) is 2.68. The number of hydrogen-bond donors (Lipinski definition) is 1. The van der Waals surface area contributed by atoms with Gasteiger partial charge in [0.05, 0.1) is 18.1 Å². The van der Waals surface area contributed by atoms with Crippen LogP contribution in [0.3, 0.4) is 0 Å². The van der Waals surface area contributed by atoms with Gasteiger partial charge in [-0.3, -0.25) is 9.48 Å². The molecule has 124 valence electrons. The quantitative estimate of drug-likeness (QED) is 0.777. The molecule has 3 aromatic rings. The zero-order chi connectivity index (χ0) is 17.1. The van der Waals surface area contributed by atoms with Gasteiger partial charge in [-0.05, 0) is 18.1 Å². The molecular formula is C17H20N6O. The summed E-state index contributed by atoms with van der Waals surface area (Å²) in [6.45, 7) is 2.26. The predicted octanol–water partition coefficient (Wildman–Crippen LogP) is 2.00. The maximum atomic E-state index is 12.4. The first-order valence-electron chi connectivity index (χ1n) is 7.81. The molecule has 1 amide bonds. The van der Waals surface area contributed by atoms with Crippen LogP contribution in [0.2, 0.25) is 0 Å². The number of benzene rings is 1. The number of fused-ring (bicyclic) bond motifs is 1. The number of carbonyl (C=O) groups is 1. The summed E-state index contributed by atoms with van der Waals surface area (Å²) in [6.07, 6.45) is 4.07. The third kappa shape index (κ3) is 3.05. The normalized spacial score (nSPS) is 10.8. The second-order valence-electron chi connectivity index (χ2n) is 5.62. The first kappa shape index (κ1) is 15.9. The lowest BCUT2D eigenvalue weighted by Crippen LogP contribution is -2.31. The number of aryl methyl sites for hydroxylation is 2. The van der Waals surface area contributed by atoms with E-state index in [0.29, 0.717) is 5.82 Å². The van der Waals surface area contributed by atoms with Crippen LogP contribution in [0.4, 0.5) is 11.5 Å². The van der Waals surface area contributed by atoms with Crippen LogP contribution in [0.1, 0.15) is 12.5 Å². The van der Waals surface area contributed by atoms with E-state index < -0.39 is 0 Å². The van der Waals surface area contributed by atoms with E-state index in [2.05, 4.69) is 27.3 Å². The Bertz CT molecular complexity index is 872. The average molecular weight is 324 g/mol. The molecule has 1 N–H and O–H groups in total. The first-order valence-corrected chi connectivity index (χ1v) is 7.81. The Morgan fingerprint density at radius 1 is 1.29 bits per heavy atom. The number of carbonyl (C=O) groups excluding carboxylic acids is 1. The first-order chi connectivity index (χ1) is 11.6. The Morgan fingerprint density at radius 3 is 2.88 bits per heavy atom. The van der Waals surface area contributed by atoms with E-state index in [9.17, 15) is 4.79 Å². The van der Waals surface area contributed by atoms with Crippen molar-refractivity contribution in [1.82, 2.24) is 19.7 Å². The molecule has 3 rings (SSSR count). The van der Waals surface area contributed by atoms with Crippen LogP contribution in [0.25, 0.3) is 11.0 Å². The number of hydrogen-bond acceptors (Lipinski definition) is 5. The number of amides is 1. The largest absolute Gasteiger partial charge is 0.350 e. The molecule has 0 aliphatic rings. The predicted molar refractivity (Wildman–Crippen MR) is 94.0 cm³/mol. The minimum absolute atomic E-state index is 0.0888. The number of anilines is 2. The molecule has 7 nitrogen and oxygen atoms in total. The lowest BCUT2D eigenvalue weighted by molar-refractivity contribution is -0.114. The van der Waals surface area contributed by atoms with E-state index >= 15 is 0 Å². The number of para-hydroxylation sites is 1. The molecule has 1 aromatic carbocycles. The van der Waals surface area contributed by atoms with Gasteiger partial charge in [-0.2, -0.15) is 5.10 Å². The van der Waals surface area contributed by atoms with Gasteiger partial charge in [0, 0.05) is 19.8 Å². The molecule has 0 radical (unpaired) electrons. The Balaban J connectivity index is 1.76. The van der Waals surface area contributed by atoms with E-state index in [1.54, 1.807) is 15.8 Å². The molecule has 0 fully saturated rings. The number of likely N-dealkylation sites (N-methyl/N-ethyl adjacent to an activating group) is 1. The molecule has 0 spiro atoms. The molecule has 0 atom stereocenters. The number of rotatable bonds is 5. The van der Waals surface area contributed by atoms with Crippen molar-refractivity contribution in [3.63, 3.8) is 0 Å². The summed E-state index contributed by atoms with van der Waals surface area (Å²) < 4.78 is 1.69. The van der Waals surface area contributed by atoms with Crippen molar-refractivity contribution >= 4 is 28.4 Å². The van der Waals surface area contributed by atoms with Crippen molar-refractivity contribution in [2.45, 2.75) is 13.3 Å². The zero-order valence-electron chi connectivity index (χ0n) is 14.0. The van der Waals surface area contributed by atoms with Crippen molar-refractivity contribution in [1.29, 1.82) is 0 Å². The number of aromatic nitrogens is 4. The van der Waals surface area contributed by atoms with E-state index in [4.69, 9.17) is 0 Å². The van der Waals surface area contributed by atoms with Crippen molar-refractivity contribution < 1.29 is 4.79 Å². The van der Waals surface area contributed by atoms with Gasteiger partial charge in [-0.25, -0.2) is 9.97 Å². The molecule has 2 heterocycles. The lowest BCUT2D eigenvalue weighted by Gasteiger charge is -2.18. The van der Waals surface area contributed by atoms with Crippen molar-refractivity contribution in [2.24, 2.45) is 7.05 Å². The second-order valence-corrected chi connectivity index (χ2v) is 5.62. The minimum Gasteiger partial charge on any atom is -0.350 e. The van der Waals surface area contributed by atoms with Crippen LogP contribution in [0.15, 0.2) is 36.8 Å². The summed E-state index contributed by atoms with van der Waals surface area (Å²) in [5.74, 6) is 0.598. The molecule has 7 heteroatoms. The van der Waals surface area contributed by atoms with E-state index in [1.165, 1.54) is 6.33 Å². The summed E-state index contributed by atoms with van der Waals surface area (Å²) in [7, 11) is 3.66. The van der Waals surface area contributed by atoms with Gasteiger partial charge in [0.2, 0.25) is 5.91 Å². The fraction of sp³-hybridized carbons (Fsp3) is 0.294. The van der Waals surface area contributed by atoms with Crippen LogP contribution in [-0.4, -0.2) is 39.2 Å². The van der Waals surface area contributed by atoms with E-state index in [-0.39, 0.29) is 12.5 Å². The third-order valence-electron chi connectivity index (χ3n) is 3.92. The number of nitrogens with zero attached hydrogens (tertiary/aromatic N) is 5. The summed E-state index contributed by atoms with van der Waals surface area (Å²) in [6, 6.07) is 7.83. The molecule has 0 saturated heterocycles. The van der Waals surface area contributed by atoms with Gasteiger partial charge in [-0.1, -0.05) is 25.1 Å². The Labute approximate surface area is 140 Å². The van der Waals surface area contributed by atoms with Crippen LogP contribution in [0, 0.1) is 0 Å². The Hall–Kier alpha value is -2.96. The number of nitrogens with one attached hydrogen (secondary N) is 1. The summed E-state index contributed by atoms with van der Waals surface area (Å²) in [5.41, 5.74) is 2.71. The van der Waals surface area contributed by atoms with Crippen molar-refractivity contribution in [3.8, 4) is 0 Å². The van der Waals surface area contributed by atoms with Gasteiger partial charge < -0.3 is 10.2 Å². The Kier molecular flexibility index (Phi) is 4.41. The lowest BCUT2D eigenvalue weighted by atomic mass is 10.1. The van der Waals surface area contributed by atoms with Gasteiger partial charge in [0.25, 0.3) is 0 Å². The summed E-state index contributed by atoms with van der Waals surface area (Å²) in [5, 5.41) is 7.99. The minimum atomic E-state index is -0.0888. The van der Waals surface area contributed by atoms with Crippen LogP contribution in [-0.2, 0) is 18.3 Å². The Morgan fingerprint density at radius 2 is 2.08 bits per heavy atom. The van der Waals surface area contributed by atoms with Crippen molar-refractivity contribution in [3.05, 3.63) is 42.4 Å². The molecule has 0 aliphatic heterocycles. The van der Waals surface area contributed by atoms with E-state index in [1.807, 2.05) is 38.4 Å². The van der Waals surface area contributed by atoms with Crippen LogP contribution in [0.5, 0.6) is 0 Å². The monoisotopic (exact) mass is 324 g/mol. The standard InChI is InChI=1S/C17H20N6O/c1-4-12-7-5-6-8-14(12)21-15(24)10-22(2)16-13-9-20-23(3)17(13)19-11-18-16/h5-9,11H,4,10H2,1-3H3,(H,21,24). The molecule has 0 unspecified atom stereocenters. The SMILES string of the molecule is CCc1ccccc1NC(=O)CN(C)c1ncnc2c1cnn2C. The topological polar surface area (TPSA) is 75.9 Å². The molecule has 2 aromatic heterocycles. The highest BCUT2D eigenvalue weighted by Gasteiger charge is 2.15. The maximum absolute atomic E-state index is 12.4. The van der Waals surface area contributed by atoms with Gasteiger partial charge in [0.15, 0.2) is 5.65 Å². The molecule has 0 saturated carbocycles. The van der Waals surface area contributed by atoms with Gasteiger partial charge in [-0.15, -0.1) is 0 Å². The third-order valence-corrected chi connectivity index (χ3v) is 3.92. The van der Waals surface area contributed by atoms with Crippen molar-refractivity contribution in [2.75, 3.05) is 23.8 Å². The highest BCUT2D eigenvalue weighted by Crippen LogP contribution is 2.21. The maximum Gasteiger partial charge on any atom is 0.243 e. The fourth-order valence-electron chi connectivity index (χ4n) is 2.68. The van der Waals surface area contributed by atoms with E-state index in [0.717, 1.165) is 28.7 Å². The average Bonchev–Trinajstić information content (AvgIpc) is 2.96. The second kappa shape index (κ2) is 6.66. The smallest absolute Gasteiger partial charge is 0.243 e.